The molecular formula is C46H36GeIrNO2. The van der Waals surface area contributed by atoms with E-state index < -0.39 is 19.2 Å². The normalized spacial score (nSPS) is 13.0. The second kappa shape index (κ2) is 14.5. The second-order valence-corrected chi connectivity index (χ2v) is 24.2. The third-order valence-corrected chi connectivity index (χ3v) is 13.5. The fraction of sp³-hybridized carbons (Fsp3) is 0.109. The van der Waals surface area contributed by atoms with E-state index in [4.69, 9.17) is 15.2 Å². The van der Waals surface area contributed by atoms with E-state index in [1.807, 2.05) is 116 Å². The van der Waals surface area contributed by atoms with E-state index in [0.717, 1.165) is 77.4 Å². The molecule has 3 aromatic heterocycles. The number of furan rings is 2. The maximum Gasteiger partial charge on any atom is 3.00 e. The molecule has 0 radical (unpaired) electrons. The van der Waals surface area contributed by atoms with Crippen molar-refractivity contribution in [2.75, 3.05) is 0 Å². The smallest absolute Gasteiger partial charge is 3.00 e. The Kier molecular flexibility index (Phi) is 9.48. The van der Waals surface area contributed by atoms with Crippen molar-refractivity contribution in [2.24, 2.45) is 0 Å². The summed E-state index contributed by atoms with van der Waals surface area (Å²) in [7, 11) is 0. The Morgan fingerprint density at radius 2 is 1.18 bits per heavy atom. The molecule has 5 heteroatoms. The van der Waals surface area contributed by atoms with Crippen LogP contribution in [0.4, 0.5) is 0 Å². The fourth-order valence-corrected chi connectivity index (χ4v) is 8.63. The summed E-state index contributed by atoms with van der Waals surface area (Å²) in [4.78, 5) is 4.69. The maximum absolute atomic E-state index is 8.97. The second-order valence-electron chi connectivity index (χ2n) is 13.6. The molecule has 0 N–H and O–H groups in total. The van der Waals surface area contributed by atoms with Gasteiger partial charge in [0.15, 0.2) is 0 Å². The average molecular weight is 901 g/mol. The molecule has 1 unspecified atom stereocenters. The standard InChI is InChI=1S/C26H18O.C20H18GeNO.Ir/c1-18(19-9-3-2-4-10-19)20-11-7-12-21(17-20)22-14-8-15-24-23-13-5-6-16-25(23)27-26(22)24;1-21(2,3)14-11-12-18(22-13-14)17-9-6-8-16-15-7-4-5-10-19(15)23-20(16)17;/h2-11,13,15-18H,1H3;4-8,10-13H,1-3H3;/q-2;-1;+3/i18D;;. The molecule has 0 aliphatic carbocycles. The number of nitrogens with zero attached hydrogens (tertiary/aromatic N) is 1. The predicted octanol–water partition coefficient (Wildman–Crippen LogP) is 12.0. The first-order chi connectivity index (χ1) is 24.7. The van der Waals surface area contributed by atoms with Gasteiger partial charge in [-0.25, -0.2) is 5.56 Å². The van der Waals surface area contributed by atoms with E-state index in [1.165, 1.54) is 4.40 Å². The van der Waals surface area contributed by atoms with Crippen LogP contribution < -0.4 is 4.40 Å². The molecule has 0 aliphatic heterocycles. The van der Waals surface area contributed by atoms with Crippen molar-refractivity contribution in [3.05, 3.63) is 169 Å². The van der Waals surface area contributed by atoms with Gasteiger partial charge in [-0.2, -0.15) is 35.9 Å². The van der Waals surface area contributed by atoms with Gasteiger partial charge in [-0.1, -0.05) is 60.8 Å². The monoisotopic (exact) mass is 902 g/mol. The van der Waals surface area contributed by atoms with E-state index in [-0.39, 0.29) is 20.1 Å². The number of pyridine rings is 1. The molecule has 0 fully saturated rings. The van der Waals surface area contributed by atoms with Gasteiger partial charge in [-0.05, 0) is 17.5 Å². The molecule has 3 nitrogen and oxygen atoms in total. The van der Waals surface area contributed by atoms with Gasteiger partial charge in [-0.15, -0.1) is 17.7 Å². The summed E-state index contributed by atoms with van der Waals surface area (Å²) in [5.74, 6) is 6.28. The Hall–Kier alpha value is -4.74. The molecule has 0 amide bonds. The molecule has 0 spiro atoms. The van der Waals surface area contributed by atoms with E-state index >= 15 is 0 Å². The number of aromatic nitrogens is 1. The predicted molar refractivity (Wildman–Crippen MR) is 210 cm³/mol. The van der Waals surface area contributed by atoms with E-state index in [9.17, 15) is 0 Å². The summed E-state index contributed by atoms with van der Waals surface area (Å²) in [5.41, 5.74) is 8.93. The van der Waals surface area contributed by atoms with Gasteiger partial charge in [0, 0.05) is 12.3 Å². The van der Waals surface area contributed by atoms with Crippen LogP contribution in [0.1, 0.15) is 25.3 Å². The zero-order valence-corrected chi connectivity index (χ0v) is 33.4. The summed E-state index contributed by atoms with van der Waals surface area (Å²) < 4.78 is 22.6. The number of fused-ring (bicyclic) bond motifs is 6. The molecule has 9 aromatic rings. The van der Waals surface area contributed by atoms with Crippen molar-refractivity contribution in [3.63, 3.8) is 0 Å². The Morgan fingerprint density at radius 3 is 1.78 bits per heavy atom. The SMILES string of the molecule is [2H]C(C)(c1ccccc1)c1cc[c-]c(-c2[c-]ccc3c2oc2ccccc23)c1.[CH3][Ge]([CH3])([CH3])[c]1ccc(-c2[c-]ccc3c2oc2ccccc23)nc1.[Ir+3]. The Balaban J connectivity index is 0.000000162. The van der Waals surface area contributed by atoms with E-state index in [1.54, 1.807) is 0 Å². The van der Waals surface area contributed by atoms with Crippen molar-refractivity contribution in [2.45, 2.75) is 30.1 Å². The van der Waals surface area contributed by atoms with Crippen molar-refractivity contribution in [1.82, 2.24) is 4.98 Å². The number of hydrogen-bond acceptors (Lipinski definition) is 3. The first-order valence-corrected chi connectivity index (χ1v) is 24.2. The van der Waals surface area contributed by atoms with E-state index in [2.05, 4.69) is 65.8 Å². The van der Waals surface area contributed by atoms with Crippen LogP contribution in [-0.4, -0.2) is 18.3 Å². The van der Waals surface area contributed by atoms with Crippen LogP contribution >= 0.6 is 0 Å². The zero-order chi connectivity index (χ0) is 35.2. The number of rotatable bonds is 5. The van der Waals surface area contributed by atoms with Crippen molar-refractivity contribution >= 4 is 61.5 Å². The van der Waals surface area contributed by atoms with Crippen LogP contribution in [0.15, 0.2) is 148 Å². The minimum Gasteiger partial charge on any atom is 3.00 e. The first-order valence-electron chi connectivity index (χ1n) is 17.4. The minimum atomic E-state index is -1.83. The average Bonchev–Trinajstić information content (AvgIpc) is 3.74. The summed E-state index contributed by atoms with van der Waals surface area (Å²) in [6.07, 6.45) is 2.03. The van der Waals surface area contributed by atoms with Crippen LogP contribution in [0.5, 0.6) is 0 Å². The summed E-state index contributed by atoms with van der Waals surface area (Å²) in [6.45, 7) is 1.92. The summed E-state index contributed by atoms with van der Waals surface area (Å²) in [5, 5.41) is 4.42. The van der Waals surface area contributed by atoms with Crippen LogP contribution in [0.2, 0.25) is 17.3 Å². The molecule has 9 rings (SSSR count). The van der Waals surface area contributed by atoms with Crippen LogP contribution in [-0.2, 0) is 20.1 Å². The molecule has 1 atom stereocenters. The molecule has 0 saturated heterocycles. The third kappa shape index (κ3) is 6.84. The van der Waals surface area contributed by atoms with Gasteiger partial charge in [-0.3, -0.25) is 0 Å². The topological polar surface area (TPSA) is 39.2 Å². The number of hydrogen-bond donors (Lipinski definition) is 0. The van der Waals surface area contributed by atoms with Gasteiger partial charge in [0.25, 0.3) is 0 Å². The van der Waals surface area contributed by atoms with Crippen molar-refractivity contribution in [1.29, 1.82) is 0 Å². The first kappa shape index (κ1) is 33.4. The number of para-hydroxylation sites is 2. The fourth-order valence-electron chi connectivity index (χ4n) is 6.46. The molecule has 0 bridgehead atoms. The van der Waals surface area contributed by atoms with Crippen LogP contribution in [0.3, 0.4) is 0 Å². The van der Waals surface area contributed by atoms with Gasteiger partial charge in [0.05, 0.1) is 0 Å². The van der Waals surface area contributed by atoms with Gasteiger partial charge < -0.3 is 4.42 Å². The van der Waals surface area contributed by atoms with Gasteiger partial charge >= 0.3 is 158 Å². The summed E-state index contributed by atoms with van der Waals surface area (Å²) in [6, 6.07) is 54.2. The molecule has 6 aromatic carbocycles. The van der Waals surface area contributed by atoms with Crippen molar-refractivity contribution < 1.29 is 30.3 Å². The molecule has 0 aliphatic rings. The quantitative estimate of drug-likeness (QED) is 0.128. The van der Waals surface area contributed by atoms with Crippen LogP contribution in [0.25, 0.3) is 66.3 Å². The largest absolute Gasteiger partial charge is 3.00 e. The van der Waals surface area contributed by atoms with E-state index in [0.29, 0.717) is 0 Å². The van der Waals surface area contributed by atoms with Gasteiger partial charge in [0.1, 0.15) is 5.58 Å². The summed E-state index contributed by atoms with van der Waals surface area (Å²) >= 11 is -1.83. The Labute approximate surface area is 316 Å². The minimum absolute atomic E-state index is 0. The Bertz CT molecular complexity index is 2660. The Morgan fingerprint density at radius 1 is 0.608 bits per heavy atom. The molecule has 51 heavy (non-hydrogen) atoms. The van der Waals surface area contributed by atoms with Crippen molar-refractivity contribution in [3.8, 4) is 22.4 Å². The van der Waals surface area contributed by atoms with Gasteiger partial charge in [0.2, 0.25) is 0 Å². The van der Waals surface area contributed by atoms with Crippen LogP contribution in [0, 0.1) is 18.2 Å². The molecule has 3 heterocycles. The molecular weight excluding hydrogens is 863 g/mol. The molecule has 250 valence electrons. The maximum atomic E-state index is 8.97. The zero-order valence-electron chi connectivity index (χ0n) is 29.9. The third-order valence-electron chi connectivity index (χ3n) is 9.27. The number of benzene rings is 6. The molecule has 0 saturated carbocycles.